The Morgan fingerprint density at radius 3 is 2.57 bits per heavy atom. The van der Waals surface area contributed by atoms with Gasteiger partial charge in [-0.25, -0.2) is 16.8 Å². The molecular weight excluding hydrogens is 316 g/mol. The summed E-state index contributed by atoms with van der Waals surface area (Å²) in [5.41, 5.74) is 0.517. The molecule has 0 aliphatic carbocycles. The molecule has 1 fully saturated rings. The number of aliphatic hydroxyl groups excluding tert-OH is 1. The molecule has 1 aliphatic heterocycles. The number of hydrogen-bond acceptors (Lipinski definition) is 5. The van der Waals surface area contributed by atoms with Gasteiger partial charge >= 0.3 is 0 Å². The zero-order chi connectivity index (χ0) is 15.8. The van der Waals surface area contributed by atoms with E-state index in [1.165, 1.54) is 19.3 Å². The predicted molar refractivity (Wildman–Crippen MR) is 78.0 cm³/mol. The van der Waals surface area contributed by atoms with Crippen molar-refractivity contribution < 1.29 is 21.9 Å². The number of sulfonamides is 1. The fourth-order valence-electron chi connectivity index (χ4n) is 2.52. The molecule has 21 heavy (non-hydrogen) atoms. The van der Waals surface area contributed by atoms with Crippen molar-refractivity contribution in [1.82, 2.24) is 8.87 Å². The summed E-state index contributed by atoms with van der Waals surface area (Å²) in [7, 11) is -5.50. The van der Waals surface area contributed by atoms with Gasteiger partial charge < -0.3 is 9.67 Å². The quantitative estimate of drug-likeness (QED) is 0.804. The second-order valence-electron chi connectivity index (χ2n) is 5.19. The van der Waals surface area contributed by atoms with Crippen LogP contribution < -0.4 is 0 Å². The molecule has 1 saturated heterocycles. The van der Waals surface area contributed by atoms with Crippen LogP contribution in [-0.2, 0) is 33.0 Å². The van der Waals surface area contributed by atoms with Gasteiger partial charge in [0.15, 0.2) is 9.84 Å². The van der Waals surface area contributed by atoms with Gasteiger partial charge in [-0.3, -0.25) is 0 Å². The zero-order valence-corrected chi connectivity index (χ0v) is 13.7. The molecule has 1 aromatic rings. The molecule has 2 rings (SSSR count). The van der Waals surface area contributed by atoms with Gasteiger partial charge in [0.25, 0.3) is 0 Å². The average molecular weight is 336 g/mol. The summed E-state index contributed by atoms with van der Waals surface area (Å²) in [5, 5.41) is 9.24. The minimum atomic E-state index is -3.76. The summed E-state index contributed by atoms with van der Waals surface area (Å²) < 4.78 is 50.9. The molecule has 7 nitrogen and oxygen atoms in total. The van der Waals surface area contributed by atoms with Crippen LogP contribution in [0.4, 0.5) is 0 Å². The van der Waals surface area contributed by atoms with Gasteiger partial charge in [-0.15, -0.1) is 0 Å². The number of nitrogens with zero attached hydrogens (tertiary/aromatic N) is 2. The number of hydrogen-bond donors (Lipinski definition) is 1. The van der Waals surface area contributed by atoms with Gasteiger partial charge in [-0.1, -0.05) is 0 Å². The van der Waals surface area contributed by atoms with Crippen molar-refractivity contribution in [3.63, 3.8) is 0 Å². The monoisotopic (exact) mass is 336 g/mol. The molecule has 1 aliphatic rings. The predicted octanol–water partition coefficient (Wildman–Crippen LogP) is -0.192. The molecule has 1 aromatic heterocycles. The second kappa shape index (κ2) is 5.71. The van der Waals surface area contributed by atoms with Crippen LogP contribution in [-0.4, -0.2) is 55.4 Å². The van der Waals surface area contributed by atoms with E-state index in [9.17, 15) is 21.9 Å². The molecule has 0 radical (unpaired) electrons. The normalized spacial score (nSPS) is 22.0. The van der Waals surface area contributed by atoms with Crippen molar-refractivity contribution in [2.45, 2.75) is 37.4 Å². The van der Waals surface area contributed by atoms with E-state index in [-0.39, 0.29) is 23.0 Å². The smallest absolute Gasteiger partial charge is 0.244 e. The molecular formula is C12H20N2O5S2. The van der Waals surface area contributed by atoms with Crippen LogP contribution in [0.5, 0.6) is 0 Å². The summed E-state index contributed by atoms with van der Waals surface area (Å²) in [6.45, 7) is 2.15. The van der Waals surface area contributed by atoms with E-state index in [4.69, 9.17) is 0 Å². The number of aliphatic hydroxyl groups is 1. The molecule has 1 unspecified atom stereocenters. The standard InChI is InChI=1S/C12H20N2O5S2/c1-3-14-7-12(6-11(14)8-15)21(18,19)13(2)10-4-5-20(16,17)9-10/h6-7,10,15H,3-5,8-9H2,1-2H3. The summed E-state index contributed by atoms with van der Waals surface area (Å²) in [6.07, 6.45) is 1.79. The zero-order valence-electron chi connectivity index (χ0n) is 12.1. The number of sulfone groups is 1. The molecule has 2 heterocycles. The summed E-state index contributed by atoms with van der Waals surface area (Å²) in [5.74, 6) is -0.112. The molecule has 9 heteroatoms. The summed E-state index contributed by atoms with van der Waals surface area (Å²) >= 11 is 0. The van der Waals surface area contributed by atoms with Gasteiger partial charge in [-0.05, 0) is 19.4 Å². The topological polar surface area (TPSA) is 96.7 Å². The third-order valence-corrected chi connectivity index (χ3v) is 7.49. The van der Waals surface area contributed by atoms with Crippen LogP contribution >= 0.6 is 0 Å². The lowest BCUT2D eigenvalue weighted by atomic mass is 10.3. The highest BCUT2D eigenvalue weighted by molar-refractivity contribution is 7.92. The largest absolute Gasteiger partial charge is 0.390 e. The molecule has 0 aromatic carbocycles. The summed E-state index contributed by atoms with van der Waals surface area (Å²) in [4.78, 5) is 0.0835. The lowest BCUT2D eigenvalue weighted by Crippen LogP contribution is -2.37. The first-order chi connectivity index (χ1) is 9.71. The van der Waals surface area contributed by atoms with E-state index >= 15 is 0 Å². The van der Waals surface area contributed by atoms with Crippen LogP contribution in [0.15, 0.2) is 17.2 Å². The van der Waals surface area contributed by atoms with Crippen LogP contribution in [0.3, 0.4) is 0 Å². The van der Waals surface area contributed by atoms with E-state index < -0.39 is 25.9 Å². The Kier molecular flexibility index (Phi) is 4.48. The van der Waals surface area contributed by atoms with Crippen molar-refractivity contribution >= 4 is 19.9 Å². The Labute approximate surface area is 125 Å². The highest BCUT2D eigenvalue weighted by atomic mass is 32.2. The van der Waals surface area contributed by atoms with Gasteiger partial charge in [-0.2, -0.15) is 4.31 Å². The van der Waals surface area contributed by atoms with E-state index in [0.29, 0.717) is 18.7 Å². The molecule has 0 saturated carbocycles. The maximum Gasteiger partial charge on any atom is 0.244 e. The van der Waals surface area contributed by atoms with Gasteiger partial charge in [0.2, 0.25) is 10.0 Å². The Hall–Kier alpha value is -0.900. The Balaban J connectivity index is 2.31. The van der Waals surface area contributed by atoms with Crippen molar-refractivity contribution in [3.8, 4) is 0 Å². The third-order valence-electron chi connectivity index (χ3n) is 3.86. The van der Waals surface area contributed by atoms with E-state index in [0.717, 1.165) is 4.31 Å². The molecule has 1 N–H and O–H groups in total. The van der Waals surface area contributed by atoms with Crippen LogP contribution in [0.1, 0.15) is 19.0 Å². The van der Waals surface area contributed by atoms with Crippen molar-refractivity contribution in [1.29, 1.82) is 0 Å². The van der Waals surface area contributed by atoms with Crippen molar-refractivity contribution in [2.24, 2.45) is 0 Å². The van der Waals surface area contributed by atoms with E-state index in [1.54, 1.807) is 4.57 Å². The van der Waals surface area contributed by atoms with E-state index in [2.05, 4.69) is 0 Å². The average Bonchev–Trinajstić information content (AvgIpc) is 3.00. The molecule has 0 bridgehead atoms. The highest BCUT2D eigenvalue weighted by Gasteiger charge is 2.36. The van der Waals surface area contributed by atoms with Gasteiger partial charge in [0.1, 0.15) is 4.90 Å². The van der Waals surface area contributed by atoms with Gasteiger partial charge in [0, 0.05) is 31.5 Å². The first-order valence-corrected chi connectivity index (χ1v) is 9.96. The molecule has 1 atom stereocenters. The van der Waals surface area contributed by atoms with E-state index in [1.807, 2.05) is 6.92 Å². The van der Waals surface area contributed by atoms with Crippen molar-refractivity contribution in [3.05, 3.63) is 18.0 Å². The fraction of sp³-hybridized carbons (Fsp3) is 0.667. The SMILES string of the molecule is CCn1cc(S(=O)(=O)N(C)C2CCS(=O)(=O)C2)cc1CO. The van der Waals surface area contributed by atoms with Crippen LogP contribution in [0, 0.1) is 0 Å². The lowest BCUT2D eigenvalue weighted by Gasteiger charge is -2.22. The lowest BCUT2D eigenvalue weighted by molar-refractivity contribution is 0.271. The van der Waals surface area contributed by atoms with Gasteiger partial charge in [0.05, 0.1) is 18.1 Å². The molecule has 0 spiro atoms. The minimum Gasteiger partial charge on any atom is -0.390 e. The third kappa shape index (κ3) is 3.15. The minimum absolute atomic E-state index is 0.0232. The molecule has 0 amide bonds. The summed E-state index contributed by atoms with van der Waals surface area (Å²) in [6, 6.07) is 0.904. The first-order valence-electron chi connectivity index (χ1n) is 6.69. The fourth-order valence-corrected chi connectivity index (χ4v) is 5.84. The Morgan fingerprint density at radius 2 is 2.14 bits per heavy atom. The highest BCUT2D eigenvalue weighted by Crippen LogP contribution is 2.24. The van der Waals surface area contributed by atoms with Crippen molar-refractivity contribution in [2.75, 3.05) is 18.6 Å². The first kappa shape index (κ1) is 16.5. The maximum absolute atomic E-state index is 12.6. The number of rotatable bonds is 5. The number of aryl methyl sites for hydroxylation is 1. The number of aromatic nitrogens is 1. The maximum atomic E-state index is 12.6. The Morgan fingerprint density at radius 1 is 1.48 bits per heavy atom. The second-order valence-corrected chi connectivity index (χ2v) is 9.42. The van der Waals surface area contributed by atoms with Crippen LogP contribution in [0.2, 0.25) is 0 Å². The Bertz CT molecular complexity index is 699. The molecule has 120 valence electrons. The van der Waals surface area contributed by atoms with Crippen LogP contribution in [0.25, 0.3) is 0 Å².